The van der Waals surface area contributed by atoms with Crippen LogP contribution in [0.3, 0.4) is 0 Å². The van der Waals surface area contributed by atoms with Gasteiger partial charge in [-0.25, -0.2) is 4.79 Å². The number of hydrogen-bond acceptors (Lipinski definition) is 6. The number of ether oxygens (including phenoxy) is 1. The molecule has 5 aromatic rings. The summed E-state index contributed by atoms with van der Waals surface area (Å²) in [6, 6.07) is 28.5. The van der Waals surface area contributed by atoms with Gasteiger partial charge >= 0.3 is 6.03 Å². The van der Waals surface area contributed by atoms with Gasteiger partial charge in [-0.3, -0.25) is 19.5 Å². The summed E-state index contributed by atoms with van der Waals surface area (Å²) >= 11 is 6.60. The predicted molar refractivity (Wildman–Crippen MR) is 239 cm³/mol. The molecule has 0 spiro atoms. The number of carbonyl (C=O) groups is 3. The summed E-state index contributed by atoms with van der Waals surface area (Å²) in [5.74, 6) is -0.228. The van der Waals surface area contributed by atoms with Gasteiger partial charge in [0, 0.05) is 54.9 Å². The van der Waals surface area contributed by atoms with Gasteiger partial charge in [0.25, 0.3) is 0 Å². The Labute approximate surface area is 356 Å². The SMILES string of the molecule is COc1ccc(C[C@H](NC(=O)Nc2ccc3c(CN4CCCC4)cn(Cc4ccccc4Cl)c3c2)C(=O)N[C@@H](CCCN=C(N)N)C(=O)NCCCc2ccccc2)cc1. The van der Waals surface area contributed by atoms with Crippen LogP contribution in [0.25, 0.3) is 10.9 Å². The van der Waals surface area contributed by atoms with Crippen molar-refractivity contribution in [3.05, 3.63) is 131 Å². The van der Waals surface area contributed by atoms with E-state index in [4.69, 9.17) is 27.8 Å². The zero-order valence-electron chi connectivity index (χ0n) is 34.2. The maximum Gasteiger partial charge on any atom is 0.319 e. The highest BCUT2D eigenvalue weighted by atomic mass is 35.5. The Bertz CT molecular complexity index is 2220. The Morgan fingerprint density at radius 3 is 2.30 bits per heavy atom. The Morgan fingerprint density at radius 2 is 1.57 bits per heavy atom. The van der Waals surface area contributed by atoms with E-state index in [-0.39, 0.29) is 31.3 Å². The molecule has 4 aromatic carbocycles. The Morgan fingerprint density at radius 1 is 0.817 bits per heavy atom. The van der Waals surface area contributed by atoms with Crippen LogP contribution in [0.5, 0.6) is 5.75 Å². The molecule has 0 bridgehead atoms. The first kappa shape index (κ1) is 43.5. The second kappa shape index (κ2) is 21.8. The summed E-state index contributed by atoms with van der Waals surface area (Å²) in [5, 5.41) is 13.5. The quantitative estimate of drug-likeness (QED) is 0.0318. The minimum Gasteiger partial charge on any atom is -0.497 e. The normalized spacial score (nSPS) is 13.6. The second-order valence-corrected chi connectivity index (χ2v) is 15.6. The van der Waals surface area contributed by atoms with E-state index in [0.29, 0.717) is 36.0 Å². The van der Waals surface area contributed by atoms with Crippen LogP contribution < -0.4 is 37.5 Å². The third-order valence-electron chi connectivity index (χ3n) is 10.7. The zero-order valence-corrected chi connectivity index (χ0v) is 34.9. The minimum absolute atomic E-state index is 0.0498. The molecule has 1 saturated heterocycles. The molecule has 60 heavy (non-hydrogen) atoms. The maximum atomic E-state index is 14.2. The van der Waals surface area contributed by atoms with Crippen LogP contribution in [0, 0.1) is 0 Å². The summed E-state index contributed by atoms with van der Waals surface area (Å²) in [4.78, 5) is 48.0. The Hall–Kier alpha value is -6.05. The largest absolute Gasteiger partial charge is 0.497 e. The number of likely N-dealkylation sites (tertiary alicyclic amines) is 1. The number of urea groups is 1. The average molecular weight is 834 g/mol. The first-order valence-corrected chi connectivity index (χ1v) is 21.0. The number of aromatic nitrogens is 1. The van der Waals surface area contributed by atoms with E-state index >= 15 is 0 Å². The molecule has 1 aromatic heterocycles. The van der Waals surface area contributed by atoms with E-state index in [2.05, 4.69) is 41.9 Å². The highest BCUT2D eigenvalue weighted by Gasteiger charge is 2.27. The number of halogens is 1. The molecule has 6 rings (SSSR count). The van der Waals surface area contributed by atoms with E-state index < -0.39 is 24.0 Å². The predicted octanol–water partition coefficient (Wildman–Crippen LogP) is 5.97. The van der Waals surface area contributed by atoms with Crippen LogP contribution in [0.15, 0.2) is 108 Å². The fourth-order valence-corrected chi connectivity index (χ4v) is 7.74. The molecule has 0 unspecified atom stereocenters. The van der Waals surface area contributed by atoms with Gasteiger partial charge in [-0.15, -0.1) is 0 Å². The van der Waals surface area contributed by atoms with Crippen molar-refractivity contribution in [1.82, 2.24) is 25.4 Å². The molecule has 2 atom stereocenters. The first-order valence-electron chi connectivity index (χ1n) is 20.6. The number of fused-ring (bicyclic) bond motifs is 1. The average Bonchev–Trinajstić information content (AvgIpc) is 3.89. The maximum absolute atomic E-state index is 14.2. The molecule has 316 valence electrons. The summed E-state index contributed by atoms with van der Waals surface area (Å²) < 4.78 is 7.50. The zero-order chi connectivity index (χ0) is 42.3. The molecule has 0 radical (unpaired) electrons. The molecule has 0 aliphatic carbocycles. The molecule has 1 aliphatic heterocycles. The summed E-state index contributed by atoms with van der Waals surface area (Å²) in [7, 11) is 1.58. The number of rotatable bonds is 20. The number of nitrogens with zero attached hydrogens (tertiary/aromatic N) is 3. The molecule has 14 heteroatoms. The van der Waals surface area contributed by atoms with Crippen LogP contribution in [0.2, 0.25) is 5.02 Å². The lowest BCUT2D eigenvalue weighted by Crippen LogP contribution is -2.55. The summed E-state index contributed by atoms with van der Waals surface area (Å²) in [6.07, 6.45) is 6.97. The number of aryl methyl sites for hydroxylation is 1. The smallest absolute Gasteiger partial charge is 0.319 e. The van der Waals surface area contributed by atoms with Gasteiger partial charge in [0.1, 0.15) is 17.8 Å². The molecular formula is C46H56ClN9O4. The van der Waals surface area contributed by atoms with Crippen LogP contribution in [0.1, 0.15) is 54.4 Å². The number of guanidine groups is 1. The molecule has 4 amide bonds. The lowest BCUT2D eigenvalue weighted by molar-refractivity contribution is -0.130. The van der Waals surface area contributed by atoms with Crippen molar-refractivity contribution in [2.24, 2.45) is 16.5 Å². The van der Waals surface area contributed by atoms with Crippen molar-refractivity contribution in [2.45, 2.75) is 70.1 Å². The van der Waals surface area contributed by atoms with Crippen LogP contribution in [-0.4, -0.2) is 78.6 Å². The fraction of sp³-hybridized carbons (Fsp3) is 0.348. The number of amides is 4. The van der Waals surface area contributed by atoms with Crippen molar-refractivity contribution >= 4 is 52.0 Å². The van der Waals surface area contributed by atoms with Crippen LogP contribution >= 0.6 is 11.6 Å². The molecule has 1 aliphatic rings. The van der Waals surface area contributed by atoms with Gasteiger partial charge in [0.2, 0.25) is 11.8 Å². The van der Waals surface area contributed by atoms with Gasteiger partial charge in [0.05, 0.1) is 12.6 Å². The van der Waals surface area contributed by atoms with Crippen LogP contribution in [0.4, 0.5) is 10.5 Å². The van der Waals surface area contributed by atoms with Crippen molar-refractivity contribution in [2.75, 3.05) is 38.6 Å². The van der Waals surface area contributed by atoms with E-state index in [1.807, 2.05) is 84.9 Å². The highest BCUT2D eigenvalue weighted by Crippen LogP contribution is 2.29. The number of anilines is 1. The number of benzene rings is 4. The minimum atomic E-state index is -1.04. The fourth-order valence-electron chi connectivity index (χ4n) is 7.54. The molecule has 1 fully saturated rings. The standard InChI is InChI=1S/C46H56ClN9O4/c1-60-37-20-17-33(18-21-37)27-41(44(58)53-40(16-10-24-51-45(48)49)43(57)50-23-9-13-32-11-3-2-4-12-32)54-46(59)52-36-19-22-38-35(29-55-25-7-8-26-55)31-56(42(38)28-36)30-34-14-5-6-15-39(34)47/h2-6,11-12,14-15,17-22,28,31,40-41H,7-10,13,16,23-27,29-30H2,1H3,(H,50,57)(H,53,58)(H4,48,49,51)(H2,52,54,59)/t40-,41-/m0/s1. The van der Waals surface area contributed by atoms with E-state index in [0.717, 1.165) is 54.5 Å². The topological polar surface area (TPSA) is 181 Å². The Balaban J connectivity index is 1.19. The molecular weight excluding hydrogens is 778 g/mol. The van der Waals surface area contributed by atoms with E-state index in [1.54, 1.807) is 19.2 Å². The number of nitrogens with one attached hydrogen (secondary N) is 4. The van der Waals surface area contributed by atoms with Crippen molar-refractivity contribution in [3.63, 3.8) is 0 Å². The van der Waals surface area contributed by atoms with Gasteiger partial charge in [0.15, 0.2) is 5.96 Å². The van der Waals surface area contributed by atoms with Gasteiger partial charge in [-0.05, 0) is 104 Å². The van der Waals surface area contributed by atoms with Gasteiger partial charge in [-0.2, -0.15) is 0 Å². The summed E-state index contributed by atoms with van der Waals surface area (Å²) in [6.45, 7) is 4.25. The third-order valence-corrected chi connectivity index (χ3v) is 11.1. The number of methoxy groups -OCH3 is 1. The van der Waals surface area contributed by atoms with Crippen molar-refractivity contribution in [1.29, 1.82) is 0 Å². The number of carbonyl (C=O) groups excluding carboxylic acids is 3. The lowest BCUT2D eigenvalue weighted by atomic mass is 10.0. The van der Waals surface area contributed by atoms with E-state index in [9.17, 15) is 14.4 Å². The molecule has 2 heterocycles. The Kier molecular flexibility index (Phi) is 15.8. The highest BCUT2D eigenvalue weighted by molar-refractivity contribution is 6.31. The van der Waals surface area contributed by atoms with Crippen molar-refractivity contribution in [3.8, 4) is 5.75 Å². The molecule has 8 N–H and O–H groups in total. The van der Waals surface area contributed by atoms with Gasteiger partial charge < -0.3 is 42.0 Å². The summed E-state index contributed by atoms with van der Waals surface area (Å²) in [5.41, 5.74) is 16.7. The number of hydrogen-bond donors (Lipinski definition) is 6. The van der Waals surface area contributed by atoms with E-state index in [1.165, 1.54) is 24.0 Å². The third kappa shape index (κ3) is 12.7. The van der Waals surface area contributed by atoms with Gasteiger partial charge in [-0.1, -0.05) is 78.3 Å². The number of aliphatic imine (C=N–C) groups is 1. The van der Waals surface area contributed by atoms with Crippen molar-refractivity contribution < 1.29 is 19.1 Å². The second-order valence-electron chi connectivity index (χ2n) is 15.2. The first-order chi connectivity index (χ1) is 29.1. The molecule has 0 saturated carbocycles. The monoisotopic (exact) mass is 833 g/mol. The lowest BCUT2D eigenvalue weighted by Gasteiger charge is -2.23. The number of nitrogens with two attached hydrogens (primary N) is 2. The van der Waals surface area contributed by atoms with Crippen LogP contribution in [-0.2, 0) is 35.5 Å². The molecule has 13 nitrogen and oxygen atoms in total.